The summed E-state index contributed by atoms with van der Waals surface area (Å²) in [4.78, 5) is 8.30. The molecule has 146 valence electrons. The van der Waals surface area contributed by atoms with Gasteiger partial charge >= 0.3 is 0 Å². The van der Waals surface area contributed by atoms with Crippen molar-refractivity contribution in [3.05, 3.63) is 64.5 Å². The Labute approximate surface area is 174 Å². The van der Waals surface area contributed by atoms with Crippen LogP contribution in [0.3, 0.4) is 0 Å². The van der Waals surface area contributed by atoms with E-state index in [0.29, 0.717) is 28.3 Å². The summed E-state index contributed by atoms with van der Waals surface area (Å²) in [6.07, 6.45) is 5.81. The van der Waals surface area contributed by atoms with E-state index in [-0.39, 0.29) is 5.96 Å². The van der Waals surface area contributed by atoms with Crippen molar-refractivity contribution in [3.8, 4) is 11.5 Å². The number of benzene rings is 2. The van der Waals surface area contributed by atoms with Crippen molar-refractivity contribution in [2.75, 3.05) is 11.2 Å². The van der Waals surface area contributed by atoms with E-state index < -0.39 is 0 Å². The maximum atomic E-state index is 6.22. The van der Waals surface area contributed by atoms with Crippen molar-refractivity contribution in [1.29, 1.82) is 0 Å². The van der Waals surface area contributed by atoms with Crippen LogP contribution in [0.25, 0.3) is 0 Å². The lowest BCUT2D eigenvalue weighted by Gasteiger charge is -2.12. The molecule has 0 radical (unpaired) electrons. The Morgan fingerprint density at radius 2 is 2.14 bits per heavy atom. The number of allylic oxidation sites excluding steroid dienone is 1. The number of para-hydroxylation sites is 1. The Bertz CT molecular complexity index is 894. The van der Waals surface area contributed by atoms with Gasteiger partial charge in [-0.3, -0.25) is 4.99 Å². The maximum Gasteiger partial charge on any atom is 0.199 e. The number of aliphatic imine (C=N–C) groups is 2. The van der Waals surface area contributed by atoms with Crippen molar-refractivity contribution in [3.63, 3.8) is 0 Å². The highest BCUT2D eigenvalue weighted by Crippen LogP contribution is 2.43. The normalized spacial score (nSPS) is 14.7. The van der Waals surface area contributed by atoms with Crippen LogP contribution in [0.5, 0.6) is 11.5 Å². The lowest BCUT2D eigenvalue weighted by atomic mass is 10.1. The number of guanidine groups is 1. The quantitative estimate of drug-likeness (QED) is 0.316. The molecule has 1 fully saturated rings. The second-order valence-electron chi connectivity index (χ2n) is 6.30. The second kappa shape index (κ2) is 10.2. The number of nitrogens with zero attached hydrogens (tertiary/aromatic N) is 2. The highest BCUT2D eigenvalue weighted by molar-refractivity contribution is 8.02. The molecule has 0 amide bonds. The summed E-state index contributed by atoms with van der Waals surface area (Å²) < 4.78 is 6.00. The van der Waals surface area contributed by atoms with Gasteiger partial charge in [-0.1, -0.05) is 29.8 Å². The molecule has 2 aromatic rings. The minimum absolute atomic E-state index is 0.274. The fraction of sp³-hybridized carbons (Fsp3) is 0.238. The average Bonchev–Trinajstić information content (AvgIpc) is 3.51. The van der Waals surface area contributed by atoms with Gasteiger partial charge in [-0.2, -0.15) is 0 Å². The van der Waals surface area contributed by atoms with Crippen LogP contribution in [0.4, 0.5) is 5.69 Å². The molecule has 0 unspecified atom stereocenters. The number of anilines is 1. The molecule has 7 heteroatoms. The summed E-state index contributed by atoms with van der Waals surface area (Å²) >= 11 is 7.80. The number of ether oxygens (including phenoxy) is 1. The molecule has 2 aromatic carbocycles. The third-order valence-electron chi connectivity index (χ3n) is 3.97. The second-order valence-corrected chi connectivity index (χ2v) is 7.57. The van der Waals surface area contributed by atoms with Crippen molar-refractivity contribution in [2.45, 2.75) is 25.7 Å². The van der Waals surface area contributed by atoms with Crippen molar-refractivity contribution >= 4 is 41.3 Å². The van der Waals surface area contributed by atoms with E-state index in [0.717, 1.165) is 5.69 Å². The van der Waals surface area contributed by atoms with Gasteiger partial charge in [-0.25, -0.2) is 4.99 Å². The van der Waals surface area contributed by atoms with Crippen LogP contribution in [-0.2, 0) is 0 Å². The molecule has 28 heavy (non-hydrogen) atoms. The van der Waals surface area contributed by atoms with Crippen LogP contribution < -0.4 is 15.8 Å². The number of halogens is 1. The van der Waals surface area contributed by atoms with Crippen LogP contribution in [-0.4, -0.2) is 18.2 Å². The Balaban J connectivity index is 1.71. The first-order valence-electron chi connectivity index (χ1n) is 9.04. The first kappa shape index (κ1) is 20.3. The first-order valence-corrected chi connectivity index (χ1v) is 10.5. The monoisotopic (exact) mass is 414 g/mol. The van der Waals surface area contributed by atoms with Gasteiger partial charge in [-0.15, -0.1) is 11.8 Å². The third kappa shape index (κ3) is 6.32. The predicted octanol–water partition coefficient (Wildman–Crippen LogP) is 5.99. The molecule has 0 aliphatic heterocycles. The molecule has 3 rings (SSSR count). The third-order valence-corrected chi connectivity index (χ3v) is 5.05. The summed E-state index contributed by atoms with van der Waals surface area (Å²) in [5.41, 5.74) is 8.02. The van der Waals surface area contributed by atoms with E-state index in [1.807, 2.05) is 42.7 Å². The van der Waals surface area contributed by atoms with Gasteiger partial charge in [0.15, 0.2) is 5.96 Å². The first-order chi connectivity index (χ1) is 13.7. The van der Waals surface area contributed by atoms with Crippen LogP contribution in [0.15, 0.2) is 63.9 Å². The molecular weight excluding hydrogens is 392 g/mol. The average molecular weight is 415 g/mol. The Morgan fingerprint density at radius 3 is 2.89 bits per heavy atom. The fourth-order valence-electron chi connectivity index (χ4n) is 2.56. The van der Waals surface area contributed by atoms with Gasteiger partial charge in [0.25, 0.3) is 0 Å². The zero-order valence-electron chi connectivity index (χ0n) is 15.6. The Hall–Kier alpha value is -2.44. The molecule has 1 aliphatic carbocycles. The minimum Gasteiger partial charge on any atom is -0.456 e. The zero-order valence-corrected chi connectivity index (χ0v) is 17.2. The number of rotatable bonds is 8. The fourth-order valence-corrected chi connectivity index (χ4v) is 3.16. The molecule has 0 spiro atoms. The number of thioether (sulfide) groups is 1. The predicted molar refractivity (Wildman–Crippen MR) is 121 cm³/mol. The van der Waals surface area contributed by atoms with Gasteiger partial charge in [0, 0.05) is 11.8 Å². The van der Waals surface area contributed by atoms with E-state index in [4.69, 9.17) is 22.1 Å². The van der Waals surface area contributed by atoms with E-state index in [2.05, 4.69) is 27.4 Å². The number of nitrogens with one attached hydrogen (secondary N) is 1. The Kier molecular flexibility index (Phi) is 7.39. The van der Waals surface area contributed by atoms with Crippen molar-refractivity contribution in [1.82, 2.24) is 0 Å². The summed E-state index contributed by atoms with van der Waals surface area (Å²) in [6, 6.07) is 13.4. The molecule has 0 saturated heterocycles. The smallest absolute Gasteiger partial charge is 0.199 e. The van der Waals surface area contributed by atoms with E-state index in [1.165, 1.54) is 24.7 Å². The van der Waals surface area contributed by atoms with Gasteiger partial charge < -0.3 is 15.8 Å². The van der Waals surface area contributed by atoms with E-state index in [1.54, 1.807) is 17.8 Å². The summed E-state index contributed by atoms with van der Waals surface area (Å²) in [7, 11) is 0. The van der Waals surface area contributed by atoms with Crippen LogP contribution >= 0.6 is 23.4 Å². The molecule has 0 atom stereocenters. The molecule has 1 saturated carbocycles. The summed E-state index contributed by atoms with van der Waals surface area (Å²) in [5, 5.41) is 5.66. The van der Waals surface area contributed by atoms with Gasteiger partial charge in [0.05, 0.1) is 10.9 Å². The van der Waals surface area contributed by atoms with Crippen molar-refractivity contribution < 1.29 is 4.74 Å². The summed E-state index contributed by atoms with van der Waals surface area (Å²) in [5.74, 6) is 2.78. The molecule has 1 aliphatic rings. The number of hydrogen-bond acceptors (Lipinski definition) is 3. The summed E-state index contributed by atoms with van der Waals surface area (Å²) in [6.45, 7) is 1.97. The number of hydrogen-bond donors (Lipinski definition) is 2. The molecule has 3 N–H and O–H groups in total. The van der Waals surface area contributed by atoms with Crippen molar-refractivity contribution in [2.24, 2.45) is 15.7 Å². The molecular formula is C21H23ClN4OS. The van der Waals surface area contributed by atoms with Crippen LogP contribution in [0, 0.1) is 0 Å². The molecule has 5 nitrogen and oxygen atoms in total. The highest BCUT2D eigenvalue weighted by atomic mass is 35.5. The highest BCUT2D eigenvalue weighted by Gasteiger charge is 2.24. The topological polar surface area (TPSA) is 72.0 Å². The molecule has 0 bridgehead atoms. The SMILES string of the molecule is C/C=C\SC/N=C/N=C(N)Nc1cc(Oc2ccccc2Cl)cc(C2CC2)c1. The maximum absolute atomic E-state index is 6.22. The van der Waals surface area contributed by atoms with E-state index >= 15 is 0 Å². The van der Waals surface area contributed by atoms with Crippen LogP contribution in [0.1, 0.15) is 31.2 Å². The van der Waals surface area contributed by atoms with E-state index in [9.17, 15) is 0 Å². The standard InChI is InChI=1S/C21H23ClN4OS/c1-2-9-28-14-24-13-25-21(23)26-17-10-16(15-7-8-15)11-18(12-17)27-20-6-4-3-5-19(20)22/h2-6,9-13,15H,7-8,14H2,1H3,(H3,23,24,25,26)/b9-2-. The minimum atomic E-state index is 0.274. The molecule has 0 heterocycles. The van der Waals surface area contributed by atoms with Gasteiger partial charge in [-0.05, 0) is 60.9 Å². The van der Waals surface area contributed by atoms with Gasteiger partial charge in [0.2, 0.25) is 0 Å². The lowest BCUT2D eigenvalue weighted by Crippen LogP contribution is -2.22. The van der Waals surface area contributed by atoms with Crippen LogP contribution in [0.2, 0.25) is 5.02 Å². The molecule has 0 aromatic heterocycles. The largest absolute Gasteiger partial charge is 0.456 e. The Morgan fingerprint density at radius 1 is 1.32 bits per heavy atom. The number of nitrogens with two attached hydrogens (primary N) is 1. The zero-order chi connectivity index (χ0) is 19.8. The van der Waals surface area contributed by atoms with Gasteiger partial charge in [0.1, 0.15) is 17.8 Å². The lowest BCUT2D eigenvalue weighted by molar-refractivity contribution is 0.482.